The Kier molecular flexibility index (Phi) is 3.52. The van der Waals surface area contributed by atoms with Gasteiger partial charge in [-0.05, 0) is 56.1 Å². The molecule has 0 aliphatic heterocycles. The van der Waals surface area contributed by atoms with Crippen LogP contribution < -0.4 is 5.73 Å². The Balaban J connectivity index is 1.95. The van der Waals surface area contributed by atoms with E-state index < -0.39 is 0 Å². The lowest BCUT2D eigenvalue weighted by molar-refractivity contribution is 0.619. The summed E-state index contributed by atoms with van der Waals surface area (Å²) in [5.74, 6) is 0.677. The van der Waals surface area contributed by atoms with Crippen molar-refractivity contribution in [3.8, 4) is 11.5 Å². The first-order chi connectivity index (χ1) is 9.76. The molecule has 3 aromatic rings. The molecule has 0 spiro atoms. The van der Waals surface area contributed by atoms with Crippen LogP contribution in [-0.4, -0.2) is 11.5 Å². The van der Waals surface area contributed by atoms with Crippen molar-refractivity contribution >= 4 is 11.1 Å². The van der Waals surface area contributed by atoms with Crippen molar-refractivity contribution in [1.29, 1.82) is 0 Å². The predicted molar refractivity (Wildman–Crippen MR) is 81.6 cm³/mol. The highest BCUT2D eigenvalue weighted by Gasteiger charge is 2.08. The number of rotatable bonds is 4. The number of benzene rings is 2. The van der Waals surface area contributed by atoms with Gasteiger partial charge in [-0.2, -0.15) is 0 Å². The molecule has 0 atom stereocenters. The maximum Gasteiger partial charge on any atom is 0.227 e. The van der Waals surface area contributed by atoms with Crippen molar-refractivity contribution in [2.24, 2.45) is 5.73 Å². The Morgan fingerprint density at radius 1 is 1.10 bits per heavy atom. The molecule has 0 aliphatic carbocycles. The fourth-order valence-corrected chi connectivity index (χ4v) is 2.25. The van der Waals surface area contributed by atoms with E-state index in [9.17, 15) is 0 Å². The molecule has 0 unspecified atom stereocenters. The number of aryl methyl sites for hydroxylation is 2. The van der Waals surface area contributed by atoms with E-state index in [0.717, 1.165) is 29.5 Å². The number of hydrogen-bond acceptors (Lipinski definition) is 3. The highest BCUT2D eigenvalue weighted by atomic mass is 16.3. The van der Waals surface area contributed by atoms with Crippen LogP contribution >= 0.6 is 0 Å². The predicted octanol–water partition coefficient (Wildman–Crippen LogP) is 3.69. The van der Waals surface area contributed by atoms with Gasteiger partial charge >= 0.3 is 0 Å². The Morgan fingerprint density at radius 2 is 1.90 bits per heavy atom. The third-order valence-corrected chi connectivity index (χ3v) is 3.42. The fourth-order valence-electron chi connectivity index (χ4n) is 2.25. The average molecular weight is 266 g/mol. The monoisotopic (exact) mass is 266 g/mol. The van der Waals surface area contributed by atoms with Crippen molar-refractivity contribution < 1.29 is 4.42 Å². The maximum absolute atomic E-state index is 5.82. The van der Waals surface area contributed by atoms with Crippen LogP contribution in [0.1, 0.15) is 17.5 Å². The van der Waals surface area contributed by atoms with E-state index in [-0.39, 0.29) is 0 Å². The lowest BCUT2D eigenvalue weighted by Crippen LogP contribution is -2.00. The van der Waals surface area contributed by atoms with Gasteiger partial charge < -0.3 is 10.2 Å². The Labute approximate surface area is 118 Å². The molecule has 1 aromatic heterocycles. The molecule has 3 heteroatoms. The summed E-state index contributed by atoms with van der Waals surface area (Å²) in [6.45, 7) is 2.78. The zero-order chi connectivity index (χ0) is 13.9. The molecule has 3 rings (SSSR count). The molecule has 0 amide bonds. The van der Waals surface area contributed by atoms with Gasteiger partial charge in [-0.15, -0.1) is 0 Å². The van der Waals surface area contributed by atoms with Crippen molar-refractivity contribution in [2.45, 2.75) is 19.8 Å². The molecular formula is C17H18N2O. The second-order valence-electron chi connectivity index (χ2n) is 5.08. The summed E-state index contributed by atoms with van der Waals surface area (Å²) in [5, 5.41) is 0. The smallest absolute Gasteiger partial charge is 0.227 e. The van der Waals surface area contributed by atoms with Gasteiger partial charge in [0.15, 0.2) is 5.58 Å². The van der Waals surface area contributed by atoms with Gasteiger partial charge in [-0.25, -0.2) is 4.98 Å². The van der Waals surface area contributed by atoms with Crippen molar-refractivity contribution in [1.82, 2.24) is 4.98 Å². The minimum absolute atomic E-state index is 0.677. The van der Waals surface area contributed by atoms with Crippen LogP contribution in [0.3, 0.4) is 0 Å². The van der Waals surface area contributed by atoms with E-state index in [1.807, 2.05) is 18.2 Å². The van der Waals surface area contributed by atoms with Crippen LogP contribution in [0.15, 0.2) is 46.9 Å². The molecule has 0 saturated heterocycles. The van der Waals surface area contributed by atoms with Crippen LogP contribution in [0.25, 0.3) is 22.6 Å². The van der Waals surface area contributed by atoms with E-state index in [1.165, 1.54) is 11.1 Å². The van der Waals surface area contributed by atoms with E-state index in [0.29, 0.717) is 12.4 Å². The Morgan fingerprint density at radius 3 is 2.65 bits per heavy atom. The summed E-state index contributed by atoms with van der Waals surface area (Å²) < 4.78 is 5.82. The molecule has 2 N–H and O–H groups in total. The van der Waals surface area contributed by atoms with Gasteiger partial charge in [0.05, 0.1) is 0 Å². The van der Waals surface area contributed by atoms with Gasteiger partial charge in [-0.3, -0.25) is 0 Å². The first-order valence-corrected chi connectivity index (χ1v) is 6.93. The minimum Gasteiger partial charge on any atom is -0.436 e. The van der Waals surface area contributed by atoms with Crippen LogP contribution in [0.2, 0.25) is 0 Å². The van der Waals surface area contributed by atoms with Crippen molar-refractivity contribution in [3.05, 3.63) is 53.6 Å². The van der Waals surface area contributed by atoms with E-state index >= 15 is 0 Å². The zero-order valence-corrected chi connectivity index (χ0v) is 11.6. The summed E-state index contributed by atoms with van der Waals surface area (Å²) in [4.78, 5) is 4.58. The van der Waals surface area contributed by atoms with E-state index in [2.05, 4.69) is 36.2 Å². The molecule has 3 nitrogen and oxygen atoms in total. The van der Waals surface area contributed by atoms with Crippen LogP contribution in [0.4, 0.5) is 0 Å². The van der Waals surface area contributed by atoms with Gasteiger partial charge in [0.2, 0.25) is 5.89 Å². The molecular weight excluding hydrogens is 248 g/mol. The molecule has 0 saturated carbocycles. The van der Waals surface area contributed by atoms with Gasteiger partial charge in [0.25, 0.3) is 0 Å². The highest BCUT2D eigenvalue weighted by molar-refractivity contribution is 5.76. The summed E-state index contributed by atoms with van der Waals surface area (Å²) >= 11 is 0. The molecule has 20 heavy (non-hydrogen) atoms. The summed E-state index contributed by atoms with van der Waals surface area (Å²) in [7, 11) is 0. The Hall–Kier alpha value is -2.13. The van der Waals surface area contributed by atoms with Crippen molar-refractivity contribution in [3.63, 3.8) is 0 Å². The molecule has 0 bridgehead atoms. The van der Waals surface area contributed by atoms with Crippen LogP contribution in [0, 0.1) is 6.92 Å². The highest BCUT2D eigenvalue weighted by Crippen LogP contribution is 2.25. The Bertz CT molecular complexity index is 713. The van der Waals surface area contributed by atoms with Crippen LogP contribution in [-0.2, 0) is 6.42 Å². The number of nitrogens with zero attached hydrogens (tertiary/aromatic N) is 1. The summed E-state index contributed by atoms with van der Waals surface area (Å²) in [6.07, 6.45) is 1.98. The lowest BCUT2D eigenvalue weighted by atomic mass is 10.1. The van der Waals surface area contributed by atoms with Gasteiger partial charge in [0, 0.05) is 5.56 Å². The third-order valence-electron chi connectivity index (χ3n) is 3.42. The third kappa shape index (κ3) is 2.58. The molecule has 0 radical (unpaired) electrons. The lowest BCUT2D eigenvalue weighted by Gasteiger charge is -1.97. The maximum atomic E-state index is 5.82. The minimum atomic E-state index is 0.677. The SMILES string of the molecule is Cc1ccc(-c2nc3cc(CCCN)ccc3o2)cc1. The van der Waals surface area contributed by atoms with Gasteiger partial charge in [0.1, 0.15) is 5.52 Å². The first-order valence-electron chi connectivity index (χ1n) is 6.93. The van der Waals surface area contributed by atoms with Crippen molar-refractivity contribution in [2.75, 3.05) is 6.54 Å². The second kappa shape index (κ2) is 5.47. The standard InChI is InChI=1S/C17H18N2O/c1-12-4-7-14(8-5-12)17-19-15-11-13(3-2-10-18)6-9-16(15)20-17/h4-9,11H,2-3,10,18H2,1H3. The molecule has 2 aromatic carbocycles. The summed E-state index contributed by atoms with van der Waals surface area (Å²) in [6, 6.07) is 14.4. The summed E-state index contributed by atoms with van der Waals surface area (Å²) in [5.41, 5.74) is 10.8. The average Bonchev–Trinajstić information content (AvgIpc) is 2.89. The number of hydrogen-bond donors (Lipinski definition) is 1. The van der Waals surface area contributed by atoms with E-state index in [1.54, 1.807) is 0 Å². The molecule has 0 aliphatic rings. The molecule has 0 fully saturated rings. The van der Waals surface area contributed by atoms with Crippen LogP contribution in [0.5, 0.6) is 0 Å². The first kappa shape index (κ1) is 12.9. The fraction of sp³-hybridized carbons (Fsp3) is 0.235. The molecule has 102 valence electrons. The number of fused-ring (bicyclic) bond motifs is 1. The topological polar surface area (TPSA) is 52.0 Å². The van der Waals surface area contributed by atoms with Gasteiger partial charge in [-0.1, -0.05) is 23.8 Å². The number of nitrogens with two attached hydrogens (primary N) is 1. The quantitative estimate of drug-likeness (QED) is 0.783. The molecule has 1 heterocycles. The zero-order valence-electron chi connectivity index (χ0n) is 11.6. The largest absolute Gasteiger partial charge is 0.436 e. The second-order valence-corrected chi connectivity index (χ2v) is 5.08. The number of aromatic nitrogens is 1. The van der Waals surface area contributed by atoms with E-state index in [4.69, 9.17) is 10.2 Å². The number of oxazole rings is 1. The normalized spacial score (nSPS) is 11.1.